The quantitative estimate of drug-likeness (QED) is 0.259. The van der Waals surface area contributed by atoms with Gasteiger partial charge in [0.1, 0.15) is 11.8 Å². The number of aryl methyl sites for hydroxylation is 1. The Balaban J connectivity index is 1.19. The topological polar surface area (TPSA) is 104 Å². The minimum atomic E-state index is -0.344. The highest BCUT2D eigenvalue weighted by atomic mass is 16.6. The molecule has 42 heavy (non-hydrogen) atoms. The Morgan fingerprint density at radius 1 is 1.12 bits per heavy atom. The zero-order valence-electron chi connectivity index (χ0n) is 23.6. The fourth-order valence-corrected chi connectivity index (χ4v) is 6.19. The van der Waals surface area contributed by atoms with Crippen LogP contribution >= 0.6 is 0 Å². The van der Waals surface area contributed by atoms with E-state index in [9.17, 15) is 9.59 Å². The van der Waals surface area contributed by atoms with Crippen molar-refractivity contribution >= 4 is 33.9 Å². The van der Waals surface area contributed by atoms with Gasteiger partial charge in [0.25, 0.3) is 0 Å². The van der Waals surface area contributed by atoms with E-state index < -0.39 is 0 Å². The number of carbonyl (C=O) groups is 1. The Labute approximate surface area is 242 Å². The minimum absolute atomic E-state index is 0.0973. The van der Waals surface area contributed by atoms with Gasteiger partial charge in [0.15, 0.2) is 5.65 Å². The smallest absolute Gasteiger partial charge is 0.338 e. The maximum atomic E-state index is 14.0. The normalized spacial score (nSPS) is 19.2. The third kappa shape index (κ3) is 4.83. The summed E-state index contributed by atoms with van der Waals surface area (Å²) in [5.41, 5.74) is 6.74. The van der Waals surface area contributed by atoms with Crippen molar-refractivity contribution in [1.82, 2.24) is 24.1 Å². The molecule has 214 valence electrons. The molecule has 1 fully saturated rings. The van der Waals surface area contributed by atoms with Gasteiger partial charge in [-0.3, -0.25) is 4.57 Å². The molecule has 1 N–H and O–H groups in total. The lowest BCUT2D eigenvalue weighted by Crippen LogP contribution is -2.37. The molecular weight excluding hydrogens is 530 g/mol. The lowest BCUT2D eigenvalue weighted by atomic mass is 10.0. The van der Waals surface area contributed by atoms with Gasteiger partial charge in [-0.1, -0.05) is 24.3 Å². The van der Waals surface area contributed by atoms with Gasteiger partial charge in [-0.2, -0.15) is 0 Å². The molecule has 0 bridgehead atoms. The summed E-state index contributed by atoms with van der Waals surface area (Å²) in [6.07, 6.45) is 12.6. The molecule has 0 amide bonds. The second kappa shape index (κ2) is 11.1. The van der Waals surface area contributed by atoms with E-state index in [4.69, 9.17) is 14.5 Å². The first-order valence-electron chi connectivity index (χ1n) is 14.7. The Morgan fingerprint density at radius 2 is 2.00 bits per heavy atom. The number of benzene rings is 1. The molecule has 0 radical (unpaired) electrons. The van der Waals surface area contributed by atoms with Crippen molar-refractivity contribution in [2.24, 2.45) is 0 Å². The Hall–Kier alpha value is -4.50. The van der Waals surface area contributed by atoms with Crippen LogP contribution in [0.25, 0.3) is 39.0 Å². The molecule has 9 nitrogen and oxygen atoms in total. The van der Waals surface area contributed by atoms with Crippen molar-refractivity contribution in [2.45, 2.75) is 64.2 Å². The fourth-order valence-electron chi connectivity index (χ4n) is 6.19. The number of H-pyrrole nitrogens is 1. The molecule has 1 saturated heterocycles. The molecule has 1 aliphatic carbocycles. The van der Waals surface area contributed by atoms with Crippen LogP contribution in [0.15, 0.2) is 71.9 Å². The summed E-state index contributed by atoms with van der Waals surface area (Å²) >= 11 is 0. The van der Waals surface area contributed by atoms with Crippen LogP contribution < -0.4 is 5.69 Å². The Morgan fingerprint density at radius 3 is 2.79 bits per heavy atom. The third-order valence-corrected chi connectivity index (χ3v) is 8.49. The highest BCUT2D eigenvalue weighted by molar-refractivity contribution is 5.90. The highest BCUT2D eigenvalue weighted by Crippen LogP contribution is 2.31. The Bertz CT molecular complexity index is 1860. The number of fused-ring (bicyclic) bond motifs is 2. The van der Waals surface area contributed by atoms with Crippen molar-refractivity contribution in [3.63, 3.8) is 0 Å². The number of allylic oxidation sites excluding steroid dienone is 2. The van der Waals surface area contributed by atoms with Gasteiger partial charge in [0, 0.05) is 40.8 Å². The summed E-state index contributed by atoms with van der Waals surface area (Å²) in [5, 5.41) is 1.06. The van der Waals surface area contributed by atoms with Gasteiger partial charge >= 0.3 is 11.7 Å². The second-order valence-corrected chi connectivity index (χ2v) is 11.2. The summed E-state index contributed by atoms with van der Waals surface area (Å²) in [7, 11) is 0. The molecule has 5 heterocycles. The lowest BCUT2D eigenvalue weighted by molar-refractivity contribution is -0.0710. The van der Waals surface area contributed by atoms with Crippen molar-refractivity contribution in [3.05, 3.63) is 88.7 Å². The van der Waals surface area contributed by atoms with Gasteiger partial charge in [-0.25, -0.2) is 24.1 Å². The zero-order chi connectivity index (χ0) is 28.6. The van der Waals surface area contributed by atoms with E-state index in [0.717, 1.165) is 64.6 Å². The first-order chi connectivity index (χ1) is 20.6. The Kier molecular flexibility index (Phi) is 6.95. The summed E-state index contributed by atoms with van der Waals surface area (Å²) in [6, 6.07) is 13.1. The highest BCUT2D eigenvalue weighted by Gasteiger charge is 2.28. The van der Waals surface area contributed by atoms with Gasteiger partial charge in [-0.15, -0.1) is 0 Å². The van der Waals surface area contributed by atoms with Gasteiger partial charge < -0.3 is 14.5 Å². The van der Waals surface area contributed by atoms with E-state index in [2.05, 4.69) is 29.0 Å². The van der Waals surface area contributed by atoms with Crippen LogP contribution in [-0.2, 0) is 16.0 Å². The molecule has 5 aromatic rings. The number of aromatic amines is 1. The lowest BCUT2D eigenvalue weighted by Gasteiger charge is -2.29. The van der Waals surface area contributed by atoms with Crippen LogP contribution in [0.4, 0.5) is 0 Å². The number of imidazole rings is 1. The largest absolute Gasteiger partial charge is 0.456 e. The number of hydrogen-bond acceptors (Lipinski definition) is 6. The predicted octanol–water partition coefficient (Wildman–Crippen LogP) is 5.87. The van der Waals surface area contributed by atoms with Crippen LogP contribution in [0.3, 0.4) is 0 Å². The van der Waals surface area contributed by atoms with Crippen LogP contribution in [0.1, 0.15) is 54.4 Å². The van der Waals surface area contributed by atoms with Crippen LogP contribution in [-0.4, -0.2) is 48.9 Å². The number of hydrogen-bond donors (Lipinski definition) is 1. The maximum absolute atomic E-state index is 14.0. The van der Waals surface area contributed by atoms with Gasteiger partial charge in [0.05, 0.1) is 30.3 Å². The first kappa shape index (κ1) is 26.4. The molecule has 0 spiro atoms. The monoisotopic (exact) mass is 563 g/mol. The molecule has 0 saturated carbocycles. The summed E-state index contributed by atoms with van der Waals surface area (Å²) < 4.78 is 15.4. The van der Waals surface area contributed by atoms with Crippen LogP contribution in [0.5, 0.6) is 0 Å². The molecule has 1 aromatic carbocycles. The molecule has 2 unspecified atom stereocenters. The second-order valence-electron chi connectivity index (χ2n) is 11.2. The molecule has 2 atom stereocenters. The van der Waals surface area contributed by atoms with E-state index in [0.29, 0.717) is 37.2 Å². The van der Waals surface area contributed by atoms with Crippen LogP contribution in [0, 0.1) is 6.92 Å². The zero-order valence-corrected chi connectivity index (χ0v) is 23.6. The SMILES string of the molecule is Cc1c(-c2cnc3c(c2)n(CC2CCC(OC(=O)c4ccccc4)CO2)c(=O)n3C2=CCCCC2)cnc2[nH]ccc12. The summed E-state index contributed by atoms with van der Waals surface area (Å²) in [6.45, 7) is 2.78. The van der Waals surface area contributed by atoms with E-state index in [-0.39, 0.29) is 23.9 Å². The molecule has 9 heteroatoms. The van der Waals surface area contributed by atoms with E-state index in [1.54, 1.807) is 21.3 Å². The molecular formula is C33H33N5O4. The maximum Gasteiger partial charge on any atom is 0.338 e. The third-order valence-electron chi connectivity index (χ3n) is 8.49. The number of aromatic nitrogens is 5. The minimum Gasteiger partial charge on any atom is -0.456 e. The average molecular weight is 564 g/mol. The van der Waals surface area contributed by atoms with E-state index in [1.165, 1.54) is 0 Å². The number of esters is 1. The van der Waals surface area contributed by atoms with Crippen molar-refractivity contribution in [1.29, 1.82) is 0 Å². The van der Waals surface area contributed by atoms with Gasteiger partial charge in [-0.05, 0) is 75.3 Å². The molecule has 1 aliphatic heterocycles. The standard InChI is InChI=1S/C33H33N5O4/c1-21-27-14-15-34-30(27)35-18-28(21)23-16-29-31(36-17-23)38(24-10-6-3-7-11-24)33(40)37(29)19-25-12-13-26(20-41-25)42-32(39)22-8-4-2-5-9-22/h2,4-5,8-10,14-18,25-26H,3,6-7,11-13,19-20H2,1H3,(H,34,35). The van der Waals surface area contributed by atoms with E-state index >= 15 is 0 Å². The number of nitrogens with zero attached hydrogens (tertiary/aromatic N) is 4. The number of ether oxygens (including phenoxy) is 2. The molecule has 2 aliphatic rings. The summed E-state index contributed by atoms with van der Waals surface area (Å²) in [4.78, 5) is 39.1. The number of rotatable bonds is 6. The van der Waals surface area contributed by atoms with Crippen molar-refractivity contribution < 1.29 is 14.3 Å². The number of pyridine rings is 2. The fraction of sp³-hybridized carbons (Fsp3) is 0.333. The average Bonchev–Trinajstić information content (AvgIpc) is 3.62. The van der Waals surface area contributed by atoms with Gasteiger partial charge in [0.2, 0.25) is 0 Å². The van der Waals surface area contributed by atoms with Crippen molar-refractivity contribution in [3.8, 4) is 11.1 Å². The predicted molar refractivity (Wildman–Crippen MR) is 161 cm³/mol. The number of nitrogens with one attached hydrogen (secondary N) is 1. The summed E-state index contributed by atoms with van der Waals surface area (Å²) in [5.74, 6) is -0.344. The molecule has 7 rings (SSSR count). The number of carbonyl (C=O) groups excluding carboxylic acids is 1. The molecule has 4 aromatic heterocycles. The van der Waals surface area contributed by atoms with Crippen molar-refractivity contribution in [2.75, 3.05) is 6.61 Å². The van der Waals surface area contributed by atoms with Crippen LogP contribution in [0.2, 0.25) is 0 Å². The van der Waals surface area contributed by atoms with E-state index in [1.807, 2.05) is 42.9 Å². The first-order valence-corrected chi connectivity index (χ1v) is 14.7.